The second kappa shape index (κ2) is 6.37. The van der Waals surface area contributed by atoms with Crippen molar-refractivity contribution in [1.29, 1.82) is 0 Å². The molecule has 0 bridgehead atoms. The minimum atomic E-state index is -0.672. The number of rotatable bonds is 2. The number of hydrogen-bond donors (Lipinski definition) is 4. The summed E-state index contributed by atoms with van der Waals surface area (Å²) in [6, 6.07) is 7.53. The van der Waals surface area contributed by atoms with Gasteiger partial charge < -0.3 is 11.1 Å². The first kappa shape index (κ1) is 14.3. The van der Waals surface area contributed by atoms with Gasteiger partial charge in [0.2, 0.25) is 11.5 Å². The first-order chi connectivity index (χ1) is 10.1. The van der Waals surface area contributed by atoms with Crippen LogP contribution in [0.4, 0.5) is 16.3 Å². The molecule has 5 N–H and O–H groups in total. The molecule has 21 heavy (non-hydrogen) atoms. The maximum Gasteiger partial charge on any atom is 0.451 e. The average molecular weight is 291 g/mol. The Hall–Kier alpha value is -3.10. The molecule has 110 valence electrons. The first-order valence-corrected chi connectivity index (χ1v) is 6.04. The molecule has 1 heterocycles. The number of nitrogens with zero attached hydrogens (tertiary/aromatic N) is 2. The van der Waals surface area contributed by atoms with E-state index in [-0.39, 0.29) is 17.3 Å². The smallest absolute Gasteiger partial charge is 0.379 e. The fourth-order valence-electron chi connectivity index (χ4n) is 1.50. The second-order valence-corrected chi connectivity index (χ2v) is 4.05. The molecule has 0 aliphatic rings. The number of carbonyl (C=O) groups excluding carboxylic acids is 1. The number of hydroxylamine groups is 1. The van der Waals surface area contributed by atoms with Crippen molar-refractivity contribution in [3.8, 4) is 0 Å². The highest BCUT2D eigenvalue weighted by molar-refractivity contribution is 5.96. The maximum atomic E-state index is 11.2. The van der Waals surface area contributed by atoms with Gasteiger partial charge in [-0.2, -0.15) is 0 Å². The highest BCUT2D eigenvalue weighted by Crippen LogP contribution is 2.07. The molecule has 1 aromatic carbocycles. The van der Waals surface area contributed by atoms with E-state index >= 15 is 0 Å². The number of aromatic nitrogens is 2. The highest BCUT2D eigenvalue weighted by Gasteiger charge is 2.22. The third-order valence-corrected chi connectivity index (χ3v) is 2.61. The number of aryl methyl sites for hydroxylation is 1. The molecular formula is C12H15N6O3+. The Morgan fingerprint density at radius 1 is 1.38 bits per heavy atom. The van der Waals surface area contributed by atoms with Crippen molar-refractivity contribution in [2.24, 2.45) is 0 Å². The molecular weight excluding hydrogens is 276 g/mol. The highest BCUT2D eigenvalue weighted by atomic mass is 16.7. The molecule has 0 atom stereocenters. The topological polar surface area (TPSA) is 129 Å². The van der Waals surface area contributed by atoms with E-state index < -0.39 is 6.09 Å². The zero-order valence-corrected chi connectivity index (χ0v) is 11.5. The monoisotopic (exact) mass is 291 g/mol. The summed E-state index contributed by atoms with van der Waals surface area (Å²) >= 11 is 0. The van der Waals surface area contributed by atoms with Crippen LogP contribution in [0.2, 0.25) is 0 Å². The van der Waals surface area contributed by atoms with E-state index in [0.29, 0.717) is 0 Å². The molecule has 0 fully saturated rings. The van der Waals surface area contributed by atoms with Gasteiger partial charge in [-0.1, -0.05) is 23.7 Å². The molecule has 1 aromatic heterocycles. The number of nitrogens with one attached hydrogen (secondary N) is 3. The van der Waals surface area contributed by atoms with Gasteiger partial charge in [-0.15, -0.1) is 0 Å². The van der Waals surface area contributed by atoms with Crippen LogP contribution in [0.15, 0.2) is 28.9 Å². The summed E-state index contributed by atoms with van der Waals surface area (Å²) in [6.45, 7) is 1.92. The van der Waals surface area contributed by atoms with Gasteiger partial charge in [-0.25, -0.2) is 19.3 Å². The molecule has 0 saturated carbocycles. The van der Waals surface area contributed by atoms with Gasteiger partial charge in [0.05, 0.1) is 0 Å². The van der Waals surface area contributed by atoms with Gasteiger partial charge in [-0.05, 0) is 28.9 Å². The zero-order chi connectivity index (χ0) is 15.2. The molecule has 0 aliphatic carbocycles. The predicted octanol–water partition coefficient (Wildman–Crippen LogP) is -1.02. The lowest BCUT2D eigenvalue weighted by Gasteiger charge is -2.02. The fraction of sp³-hybridized carbons (Fsp3) is 0.167. The standard InChI is InChI=1S/C12H14N6O3/c1-7-5-3-4-6-8(7)15-11(18-20-12(19)14-2)9-10(13)17-21-16-9/h3-6H,1-2H3,(H2,13,17)(H,14,19)(H,15,18)/p+1. The molecule has 0 spiro atoms. The van der Waals surface area contributed by atoms with E-state index in [0.717, 1.165) is 11.3 Å². The number of nitrogens with two attached hydrogens (primary N) is 1. The molecule has 9 heteroatoms. The lowest BCUT2D eigenvalue weighted by atomic mass is 10.2. The summed E-state index contributed by atoms with van der Waals surface area (Å²) in [4.78, 5) is 19.0. The van der Waals surface area contributed by atoms with Crippen LogP contribution in [-0.4, -0.2) is 29.3 Å². The fourth-order valence-corrected chi connectivity index (χ4v) is 1.50. The van der Waals surface area contributed by atoms with Crippen molar-refractivity contribution in [3.05, 3.63) is 35.5 Å². The summed E-state index contributed by atoms with van der Waals surface area (Å²) < 4.78 is 4.55. The Bertz CT molecular complexity index is 667. The van der Waals surface area contributed by atoms with Crippen molar-refractivity contribution >= 4 is 23.4 Å². The number of amides is 1. The third kappa shape index (κ3) is 3.47. The summed E-state index contributed by atoms with van der Waals surface area (Å²) in [5, 5.41) is 9.44. The molecule has 2 aromatic rings. The molecule has 0 radical (unpaired) electrons. The van der Waals surface area contributed by atoms with Crippen LogP contribution in [0.25, 0.3) is 0 Å². The number of amidine groups is 1. The van der Waals surface area contributed by atoms with Crippen molar-refractivity contribution in [2.45, 2.75) is 6.92 Å². The van der Waals surface area contributed by atoms with E-state index in [1.807, 2.05) is 31.2 Å². The SMILES string of the molecule is CNC(=O)ONC(=[NH+]c1ccccc1C)c1nonc1N. The molecule has 1 amide bonds. The lowest BCUT2D eigenvalue weighted by Crippen LogP contribution is -2.71. The lowest BCUT2D eigenvalue weighted by molar-refractivity contribution is -0.359. The van der Waals surface area contributed by atoms with Crippen molar-refractivity contribution in [2.75, 3.05) is 12.8 Å². The Kier molecular flexibility index (Phi) is 4.34. The van der Waals surface area contributed by atoms with Crippen LogP contribution in [0.5, 0.6) is 0 Å². The molecule has 0 unspecified atom stereocenters. The summed E-state index contributed by atoms with van der Waals surface area (Å²) in [5.41, 5.74) is 10.0. The number of para-hydroxylation sites is 1. The van der Waals surface area contributed by atoms with Crippen LogP contribution in [0, 0.1) is 6.92 Å². The van der Waals surface area contributed by atoms with Gasteiger partial charge in [0, 0.05) is 7.05 Å². The molecule has 0 aliphatic heterocycles. The molecule has 9 nitrogen and oxygen atoms in total. The van der Waals surface area contributed by atoms with Crippen LogP contribution in [0.3, 0.4) is 0 Å². The average Bonchev–Trinajstić information content (AvgIpc) is 2.91. The van der Waals surface area contributed by atoms with Crippen molar-refractivity contribution in [3.63, 3.8) is 0 Å². The van der Waals surface area contributed by atoms with Crippen LogP contribution in [0.1, 0.15) is 11.3 Å². The molecule has 0 saturated heterocycles. The normalized spacial score (nSPS) is 11.0. The largest absolute Gasteiger partial charge is 0.451 e. The summed E-state index contributed by atoms with van der Waals surface area (Å²) in [5.74, 6) is 0.283. The van der Waals surface area contributed by atoms with Crippen molar-refractivity contribution in [1.82, 2.24) is 21.1 Å². The minimum absolute atomic E-state index is 0.0547. The quantitative estimate of drug-likeness (QED) is 0.316. The van der Waals surface area contributed by atoms with Gasteiger partial charge >= 0.3 is 11.9 Å². The first-order valence-electron chi connectivity index (χ1n) is 6.04. The number of anilines is 1. The summed E-state index contributed by atoms with van der Waals surface area (Å²) in [6.07, 6.45) is -0.672. The second-order valence-electron chi connectivity index (χ2n) is 4.05. The van der Waals surface area contributed by atoms with Gasteiger partial charge in [-0.3, -0.25) is 0 Å². The molecule has 2 rings (SSSR count). The van der Waals surface area contributed by atoms with Gasteiger partial charge in [0.1, 0.15) is 5.69 Å². The Balaban J connectivity index is 2.34. The Morgan fingerprint density at radius 2 is 2.14 bits per heavy atom. The van der Waals surface area contributed by atoms with E-state index in [2.05, 4.69) is 30.7 Å². The summed E-state index contributed by atoms with van der Waals surface area (Å²) in [7, 11) is 1.43. The van der Waals surface area contributed by atoms with Crippen LogP contribution >= 0.6 is 0 Å². The predicted molar refractivity (Wildman–Crippen MR) is 73.3 cm³/mol. The van der Waals surface area contributed by atoms with Crippen molar-refractivity contribution < 1.29 is 19.3 Å². The number of hydrogen-bond acceptors (Lipinski definition) is 6. The van der Waals surface area contributed by atoms with E-state index in [9.17, 15) is 4.79 Å². The minimum Gasteiger partial charge on any atom is -0.379 e. The maximum absolute atomic E-state index is 11.2. The van der Waals surface area contributed by atoms with E-state index in [1.165, 1.54) is 7.05 Å². The van der Waals surface area contributed by atoms with Crippen LogP contribution in [-0.2, 0) is 4.84 Å². The number of nitrogen functional groups attached to an aromatic ring is 1. The van der Waals surface area contributed by atoms with E-state index in [4.69, 9.17) is 10.6 Å². The van der Waals surface area contributed by atoms with E-state index in [1.54, 1.807) is 0 Å². The van der Waals surface area contributed by atoms with Crippen LogP contribution < -0.4 is 21.5 Å². The Morgan fingerprint density at radius 3 is 2.76 bits per heavy atom. The number of carbonyl (C=O) groups is 1. The number of benzene rings is 1. The Labute approximate surface area is 120 Å². The van der Waals surface area contributed by atoms with Gasteiger partial charge in [0.15, 0.2) is 0 Å². The third-order valence-electron chi connectivity index (χ3n) is 2.61. The van der Waals surface area contributed by atoms with Gasteiger partial charge in [0.25, 0.3) is 0 Å². The zero-order valence-electron chi connectivity index (χ0n) is 11.5.